The van der Waals surface area contributed by atoms with E-state index in [0.717, 1.165) is 17.1 Å². The maximum Gasteiger partial charge on any atom is 0.417 e. The number of alkyl halides is 4. The normalized spacial score (nSPS) is 11.6. The number of amides is 2. The van der Waals surface area contributed by atoms with Crippen molar-refractivity contribution in [3.05, 3.63) is 48.0 Å². The largest absolute Gasteiger partial charge is 0.417 e. The molecule has 4 aromatic rings. The summed E-state index contributed by atoms with van der Waals surface area (Å²) in [6.07, 6.45) is -2.04. The summed E-state index contributed by atoms with van der Waals surface area (Å²) >= 11 is 1.18. The minimum absolute atomic E-state index is 0.0184. The second-order valence-electron chi connectivity index (χ2n) is 6.78. The zero-order chi connectivity index (χ0) is 23.4. The molecule has 0 saturated heterocycles. The second-order valence-corrected chi connectivity index (χ2v) is 7.81. The quantitative estimate of drug-likeness (QED) is 0.391. The van der Waals surface area contributed by atoms with Gasteiger partial charge in [-0.1, -0.05) is 17.4 Å². The highest BCUT2D eigenvalue weighted by Gasteiger charge is 2.31. The number of rotatable bonds is 7. The number of benzene rings is 1. The minimum atomic E-state index is -4.48. The fourth-order valence-corrected chi connectivity index (χ4v) is 3.79. The number of carbonyl (C=O) groups excluding carboxylic acids is 1. The second kappa shape index (κ2) is 9.44. The average Bonchev–Trinajstić information content (AvgIpc) is 3.39. The van der Waals surface area contributed by atoms with Gasteiger partial charge in [-0.15, -0.1) is 10.2 Å². The van der Waals surface area contributed by atoms with Gasteiger partial charge in [-0.2, -0.15) is 18.0 Å². The Morgan fingerprint density at radius 3 is 2.79 bits per heavy atom. The summed E-state index contributed by atoms with van der Waals surface area (Å²) in [6.45, 7) is -0.355. The van der Waals surface area contributed by atoms with Gasteiger partial charge in [-0.05, 0) is 29.0 Å². The zero-order valence-corrected chi connectivity index (χ0v) is 17.6. The zero-order valence-electron chi connectivity index (χ0n) is 16.8. The summed E-state index contributed by atoms with van der Waals surface area (Å²) < 4.78 is 51.8. The number of hydrogen-bond acceptors (Lipinski definition) is 7. The highest BCUT2D eigenvalue weighted by molar-refractivity contribution is 7.22. The van der Waals surface area contributed by atoms with E-state index in [1.165, 1.54) is 17.5 Å². The van der Waals surface area contributed by atoms with Crippen molar-refractivity contribution < 1.29 is 22.4 Å². The van der Waals surface area contributed by atoms with Gasteiger partial charge in [0.25, 0.3) is 0 Å². The first-order valence-corrected chi connectivity index (χ1v) is 10.4. The topological polar surface area (TPSA) is 111 Å². The Hall–Kier alpha value is -3.68. The van der Waals surface area contributed by atoms with Crippen molar-refractivity contribution in [3.63, 3.8) is 0 Å². The molecule has 0 unspecified atom stereocenters. The summed E-state index contributed by atoms with van der Waals surface area (Å²) in [5.41, 5.74) is 0.634. The molecule has 3 heterocycles. The lowest BCUT2D eigenvalue weighted by molar-refractivity contribution is -0.137. The Kier molecular flexibility index (Phi) is 6.44. The third kappa shape index (κ3) is 5.58. The van der Waals surface area contributed by atoms with Gasteiger partial charge in [0.1, 0.15) is 6.67 Å². The Morgan fingerprint density at radius 1 is 1.15 bits per heavy atom. The van der Waals surface area contributed by atoms with E-state index in [2.05, 4.69) is 36.0 Å². The van der Waals surface area contributed by atoms with Crippen molar-refractivity contribution in [3.8, 4) is 11.1 Å². The number of halogens is 4. The molecule has 0 spiro atoms. The predicted octanol–water partition coefficient (Wildman–Crippen LogP) is 3.70. The van der Waals surface area contributed by atoms with Crippen LogP contribution in [0.4, 0.5) is 27.5 Å². The molecule has 33 heavy (non-hydrogen) atoms. The molecule has 0 bridgehead atoms. The van der Waals surface area contributed by atoms with Gasteiger partial charge >= 0.3 is 12.2 Å². The number of nitrogens with one attached hydrogen (secondary N) is 2. The van der Waals surface area contributed by atoms with Crippen LogP contribution >= 0.6 is 11.3 Å². The van der Waals surface area contributed by atoms with E-state index < -0.39 is 24.4 Å². The molecule has 3 aromatic heterocycles. The van der Waals surface area contributed by atoms with Crippen LogP contribution in [0.3, 0.4) is 0 Å². The molecular formula is C19H16F4N8OS. The van der Waals surface area contributed by atoms with Crippen LogP contribution < -0.4 is 10.6 Å². The number of fused-ring (bicyclic) bond motifs is 1. The van der Waals surface area contributed by atoms with E-state index in [1.807, 2.05) is 0 Å². The molecule has 172 valence electrons. The van der Waals surface area contributed by atoms with Crippen LogP contribution in [0.25, 0.3) is 21.3 Å². The van der Waals surface area contributed by atoms with Crippen molar-refractivity contribution in [2.24, 2.45) is 0 Å². The van der Waals surface area contributed by atoms with Crippen molar-refractivity contribution in [1.82, 2.24) is 35.5 Å². The van der Waals surface area contributed by atoms with E-state index in [4.69, 9.17) is 0 Å². The smallest absolute Gasteiger partial charge is 0.337 e. The number of anilines is 1. The van der Waals surface area contributed by atoms with E-state index >= 15 is 0 Å². The lowest BCUT2D eigenvalue weighted by Crippen LogP contribution is -2.30. The van der Waals surface area contributed by atoms with Gasteiger partial charge in [0.15, 0.2) is 11.0 Å². The molecule has 4 rings (SSSR count). The molecule has 1 aromatic carbocycles. The molecule has 14 heteroatoms. The highest BCUT2D eigenvalue weighted by atomic mass is 32.1. The summed E-state index contributed by atoms with van der Waals surface area (Å²) in [6, 6.07) is 5.54. The van der Waals surface area contributed by atoms with Crippen molar-refractivity contribution in [1.29, 1.82) is 0 Å². The van der Waals surface area contributed by atoms with Gasteiger partial charge in [-0.3, -0.25) is 10.3 Å². The Morgan fingerprint density at radius 2 is 2.00 bits per heavy atom. The maximum atomic E-state index is 13.0. The highest BCUT2D eigenvalue weighted by Crippen LogP contribution is 2.34. The molecule has 0 atom stereocenters. The number of carbonyl (C=O) groups is 1. The molecule has 0 aliphatic rings. The van der Waals surface area contributed by atoms with Gasteiger partial charge < -0.3 is 5.32 Å². The molecule has 2 amide bonds. The molecule has 0 saturated carbocycles. The molecular weight excluding hydrogens is 464 g/mol. The summed E-state index contributed by atoms with van der Waals surface area (Å²) in [4.78, 5) is 21.3. The molecule has 0 radical (unpaired) electrons. The number of tetrazole rings is 1. The molecule has 0 aliphatic heterocycles. The monoisotopic (exact) mass is 480 g/mol. The Labute approximate surface area is 187 Å². The number of urea groups is 1. The van der Waals surface area contributed by atoms with Crippen molar-refractivity contribution in [2.75, 3.05) is 18.5 Å². The molecule has 0 aliphatic carbocycles. The lowest BCUT2D eigenvalue weighted by Gasteiger charge is -2.08. The van der Waals surface area contributed by atoms with Crippen molar-refractivity contribution in [2.45, 2.75) is 19.1 Å². The maximum absolute atomic E-state index is 13.0. The first-order chi connectivity index (χ1) is 15.8. The SMILES string of the molecule is O=C(NCCc1nnn(CCF)n1)Nc1nc2ccc(-c3cncc(C(F)(F)F)c3)cc2s1. The van der Waals surface area contributed by atoms with Crippen LogP contribution in [-0.4, -0.2) is 49.4 Å². The first-order valence-electron chi connectivity index (χ1n) is 9.62. The van der Waals surface area contributed by atoms with E-state index in [9.17, 15) is 22.4 Å². The van der Waals surface area contributed by atoms with Gasteiger partial charge in [0.2, 0.25) is 0 Å². The number of aromatic nitrogens is 6. The van der Waals surface area contributed by atoms with Crippen LogP contribution in [-0.2, 0) is 19.1 Å². The van der Waals surface area contributed by atoms with Gasteiger partial charge in [0, 0.05) is 30.9 Å². The Balaban J connectivity index is 1.38. The minimum Gasteiger partial charge on any atom is -0.337 e. The van der Waals surface area contributed by atoms with E-state index in [0.29, 0.717) is 38.7 Å². The van der Waals surface area contributed by atoms with E-state index in [1.54, 1.807) is 18.2 Å². The van der Waals surface area contributed by atoms with Crippen LogP contribution in [0, 0.1) is 0 Å². The van der Waals surface area contributed by atoms with Crippen molar-refractivity contribution >= 4 is 32.7 Å². The number of thiazole rings is 1. The molecule has 9 nitrogen and oxygen atoms in total. The number of hydrogen-bond donors (Lipinski definition) is 2. The fraction of sp³-hybridized carbons (Fsp3) is 0.263. The van der Waals surface area contributed by atoms with Crippen LogP contribution in [0.15, 0.2) is 36.7 Å². The van der Waals surface area contributed by atoms with Crippen LogP contribution in [0.1, 0.15) is 11.4 Å². The lowest BCUT2D eigenvalue weighted by atomic mass is 10.1. The van der Waals surface area contributed by atoms with Gasteiger partial charge in [-0.25, -0.2) is 14.2 Å². The molecule has 2 N–H and O–H groups in total. The number of aryl methyl sites for hydroxylation is 1. The molecule has 0 fully saturated rings. The van der Waals surface area contributed by atoms with Crippen LogP contribution in [0.2, 0.25) is 0 Å². The summed E-state index contributed by atoms with van der Waals surface area (Å²) in [7, 11) is 0. The number of nitrogens with zero attached hydrogens (tertiary/aromatic N) is 6. The third-order valence-electron chi connectivity index (χ3n) is 4.42. The van der Waals surface area contributed by atoms with E-state index in [-0.39, 0.29) is 13.1 Å². The average molecular weight is 480 g/mol. The predicted molar refractivity (Wildman–Crippen MR) is 112 cm³/mol. The number of pyridine rings is 1. The van der Waals surface area contributed by atoms with Gasteiger partial charge in [0.05, 0.1) is 22.3 Å². The summed E-state index contributed by atoms with van der Waals surface area (Å²) in [5, 5.41) is 17.0. The third-order valence-corrected chi connectivity index (χ3v) is 5.35. The van der Waals surface area contributed by atoms with Crippen LogP contribution in [0.5, 0.6) is 0 Å². The Bertz CT molecular complexity index is 1270. The standard InChI is InChI=1S/C19H16F4N8OS/c20-4-6-31-29-16(28-30-31)3-5-25-17(32)27-18-26-14-2-1-11(8-15(14)33-18)12-7-13(10-24-9-12)19(21,22)23/h1-2,7-10H,3-6H2,(H2,25,26,27,32). The fourth-order valence-electron chi connectivity index (χ4n) is 2.89. The first kappa shape index (κ1) is 22.5. The summed E-state index contributed by atoms with van der Waals surface area (Å²) in [5.74, 6) is 0.375.